The standard InChI is InChI=1S/C16H16N2O2/c1-2-18-15(19)12-5-3-4-11-10(8-9-17)6-7-13(14(11)12)16(18)20/h3-7H,2,8-9,17H2,1H3. The van der Waals surface area contributed by atoms with Gasteiger partial charge in [-0.25, -0.2) is 0 Å². The predicted octanol–water partition coefficient (Wildman–Crippen LogP) is 1.96. The summed E-state index contributed by atoms with van der Waals surface area (Å²) in [6, 6.07) is 9.36. The van der Waals surface area contributed by atoms with Crippen LogP contribution in [0.1, 0.15) is 33.2 Å². The maximum atomic E-state index is 12.4. The zero-order chi connectivity index (χ0) is 14.3. The number of imide groups is 1. The van der Waals surface area contributed by atoms with E-state index in [9.17, 15) is 9.59 Å². The van der Waals surface area contributed by atoms with E-state index in [0.29, 0.717) is 24.2 Å². The molecule has 4 heteroatoms. The lowest BCUT2D eigenvalue weighted by Crippen LogP contribution is -2.40. The van der Waals surface area contributed by atoms with Crippen LogP contribution in [0.5, 0.6) is 0 Å². The molecule has 0 saturated heterocycles. The van der Waals surface area contributed by atoms with Gasteiger partial charge in [-0.2, -0.15) is 0 Å². The number of benzene rings is 2. The maximum absolute atomic E-state index is 12.4. The number of amides is 2. The van der Waals surface area contributed by atoms with Crippen molar-refractivity contribution >= 4 is 22.6 Å². The summed E-state index contributed by atoms with van der Waals surface area (Å²) in [4.78, 5) is 26.1. The number of rotatable bonds is 3. The van der Waals surface area contributed by atoms with Gasteiger partial charge in [-0.3, -0.25) is 14.5 Å². The van der Waals surface area contributed by atoms with Crippen molar-refractivity contribution < 1.29 is 9.59 Å². The Morgan fingerprint density at radius 2 is 1.75 bits per heavy atom. The number of carbonyl (C=O) groups is 2. The Labute approximate surface area is 117 Å². The highest BCUT2D eigenvalue weighted by Gasteiger charge is 2.31. The molecule has 2 N–H and O–H groups in total. The molecule has 2 amide bonds. The fourth-order valence-electron chi connectivity index (χ4n) is 2.87. The molecule has 3 rings (SSSR count). The van der Waals surface area contributed by atoms with Gasteiger partial charge in [0.15, 0.2) is 0 Å². The highest BCUT2D eigenvalue weighted by molar-refractivity contribution is 6.25. The number of nitrogens with zero attached hydrogens (tertiary/aromatic N) is 1. The van der Waals surface area contributed by atoms with Gasteiger partial charge < -0.3 is 5.73 Å². The summed E-state index contributed by atoms with van der Waals surface area (Å²) >= 11 is 0. The molecular weight excluding hydrogens is 252 g/mol. The third-order valence-electron chi connectivity index (χ3n) is 3.81. The molecular formula is C16H16N2O2. The fourth-order valence-corrected chi connectivity index (χ4v) is 2.87. The largest absolute Gasteiger partial charge is 0.330 e. The molecule has 0 aliphatic carbocycles. The van der Waals surface area contributed by atoms with Crippen molar-refractivity contribution in [2.24, 2.45) is 5.73 Å². The Morgan fingerprint density at radius 3 is 2.40 bits per heavy atom. The van der Waals surface area contributed by atoms with Crippen molar-refractivity contribution in [1.82, 2.24) is 4.90 Å². The molecule has 0 fully saturated rings. The SMILES string of the molecule is CCN1C(=O)c2cccc3c(CCN)ccc(c23)C1=O. The second-order valence-electron chi connectivity index (χ2n) is 4.89. The normalized spacial score (nSPS) is 14.2. The number of nitrogens with two attached hydrogens (primary N) is 1. The fraction of sp³-hybridized carbons (Fsp3) is 0.250. The average molecular weight is 268 g/mol. The van der Waals surface area contributed by atoms with E-state index in [1.165, 1.54) is 4.90 Å². The maximum Gasteiger partial charge on any atom is 0.261 e. The van der Waals surface area contributed by atoms with Crippen LogP contribution < -0.4 is 5.73 Å². The molecule has 0 spiro atoms. The molecule has 0 aromatic heterocycles. The van der Waals surface area contributed by atoms with Gasteiger partial charge in [0, 0.05) is 23.1 Å². The highest BCUT2D eigenvalue weighted by atomic mass is 16.2. The smallest absolute Gasteiger partial charge is 0.261 e. The Bertz CT molecular complexity index is 699. The van der Waals surface area contributed by atoms with E-state index in [-0.39, 0.29) is 11.8 Å². The van der Waals surface area contributed by atoms with Gasteiger partial charge in [-0.05, 0) is 43.0 Å². The van der Waals surface area contributed by atoms with Crippen molar-refractivity contribution in [2.45, 2.75) is 13.3 Å². The Kier molecular flexibility index (Phi) is 3.03. The van der Waals surface area contributed by atoms with Gasteiger partial charge in [0.1, 0.15) is 0 Å². The van der Waals surface area contributed by atoms with E-state index < -0.39 is 0 Å². The third-order valence-corrected chi connectivity index (χ3v) is 3.81. The molecule has 2 aromatic rings. The molecule has 1 aliphatic rings. The molecule has 0 saturated carbocycles. The first-order valence-corrected chi connectivity index (χ1v) is 6.80. The van der Waals surface area contributed by atoms with E-state index in [2.05, 4.69) is 0 Å². The zero-order valence-corrected chi connectivity index (χ0v) is 11.3. The lowest BCUT2D eigenvalue weighted by Gasteiger charge is -2.26. The lowest BCUT2D eigenvalue weighted by molar-refractivity contribution is 0.0619. The monoisotopic (exact) mass is 268 g/mol. The molecule has 20 heavy (non-hydrogen) atoms. The van der Waals surface area contributed by atoms with Crippen LogP contribution in [0.2, 0.25) is 0 Å². The summed E-state index contributed by atoms with van der Waals surface area (Å²) in [5.74, 6) is -0.416. The second-order valence-corrected chi connectivity index (χ2v) is 4.89. The van der Waals surface area contributed by atoms with Gasteiger partial charge >= 0.3 is 0 Å². The lowest BCUT2D eigenvalue weighted by atomic mass is 9.90. The van der Waals surface area contributed by atoms with Crippen LogP contribution in [0.4, 0.5) is 0 Å². The Balaban J connectivity index is 2.35. The molecule has 0 bridgehead atoms. The number of hydrogen-bond donors (Lipinski definition) is 1. The topological polar surface area (TPSA) is 63.4 Å². The minimum absolute atomic E-state index is 0.208. The molecule has 1 aliphatic heterocycles. The van der Waals surface area contributed by atoms with Crippen molar-refractivity contribution in [3.8, 4) is 0 Å². The van der Waals surface area contributed by atoms with Crippen LogP contribution in [-0.4, -0.2) is 29.8 Å². The van der Waals surface area contributed by atoms with Crippen molar-refractivity contribution in [3.63, 3.8) is 0 Å². The van der Waals surface area contributed by atoms with Crippen LogP contribution in [0.3, 0.4) is 0 Å². The number of carbonyl (C=O) groups excluding carboxylic acids is 2. The van der Waals surface area contributed by atoms with E-state index in [0.717, 1.165) is 22.8 Å². The van der Waals surface area contributed by atoms with E-state index in [1.54, 1.807) is 6.07 Å². The summed E-state index contributed by atoms with van der Waals surface area (Å²) in [5, 5.41) is 1.74. The first-order valence-electron chi connectivity index (χ1n) is 6.80. The van der Waals surface area contributed by atoms with Crippen LogP contribution in [-0.2, 0) is 6.42 Å². The summed E-state index contributed by atoms with van der Waals surface area (Å²) in [6.07, 6.45) is 0.736. The van der Waals surface area contributed by atoms with Gasteiger partial charge in [-0.15, -0.1) is 0 Å². The first-order chi connectivity index (χ1) is 9.69. The van der Waals surface area contributed by atoms with Crippen molar-refractivity contribution in [1.29, 1.82) is 0 Å². The highest BCUT2D eigenvalue weighted by Crippen LogP contribution is 2.32. The molecule has 0 unspecified atom stereocenters. The quantitative estimate of drug-likeness (QED) is 0.865. The summed E-state index contributed by atoms with van der Waals surface area (Å²) < 4.78 is 0. The molecule has 0 atom stereocenters. The zero-order valence-electron chi connectivity index (χ0n) is 11.3. The van der Waals surface area contributed by atoms with Crippen LogP contribution in [0, 0.1) is 0 Å². The molecule has 0 radical (unpaired) electrons. The predicted molar refractivity (Wildman–Crippen MR) is 77.7 cm³/mol. The van der Waals surface area contributed by atoms with Crippen LogP contribution in [0.15, 0.2) is 30.3 Å². The van der Waals surface area contributed by atoms with E-state index in [1.807, 2.05) is 31.2 Å². The van der Waals surface area contributed by atoms with E-state index >= 15 is 0 Å². The minimum Gasteiger partial charge on any atom is -0.330 e. The van der Waals surface area contributed by atoms with Crippen LogP contribution >= 0.6 is 0 Å². The average Bonchev–Trinajstić information content (AvgIpc) is 2.46. The van der Waals surface area contributed by atoms with Crippen molar-refractivity contribution in [3.05, 3.63) is 47.0 Å². The van der Waals surface area contributed by atoms with Gasteiger partial charge in [-0.1, -0.05) is 18.2 Å². The Hall–Kier alpha value is -2.20. The van der Waals surface area contributed by atoms with Gasteiger partial charge in [0.05, 0.1) is 0 Å². The molecule has 4 nitrogen and oxygen atoms in total. The summed E-state index contributed by atoms with van der Waals surface area (Å²) in [7, 11) is 0. The molecule has 2 aromatic carbocycles. The van der Waals surface area contributed by atoms with Crippen molar-refractivity contribution in [2.75, 3.05) is 13.1 Å². The molecule has 102 valence electrons. The van der Waals surface area contributed by atoms with Gasteiger partial charge in [0.2, 0.25) is 0 Å². The van der Waals surface area contributed by atoms with Crippen LogP contribution in [0.25, 0.3) is 10.8 Å². The van der Waals surface area contributed by atoms with E-state index in [4.69, 9.17) is 5.73 Å². The molecule has 1 heterocycles. The van der Waals surface area contributed by atoms with Gasteiger partial charge in [0.25, 0.3) is 11.8 Å². The first kappa shape index (κ1) is 12.8. The Morgan fingerprint density at radius 1 is 1.05 bits per heavy atom. The second kappa shape index (κ2) is 4.72. The summed E-state index contributed by atoms with van der Waals surface area (Å²) in [5.41, 5.74) is 7.93. The third kappa shape index (κ3) is 1.65. The summed E-state index contributed by atoms with van der Waals surface area (Å²) in [6.45, 7) is 2.74. The number of hydrogen-bond acceptors (Lipinski definition) is 3. The minimum atomic E-state index is -0.208.